The van der Waals surface area contributed by atoms with Gasteiger partial charge in [0.15, 0.2) is 0 Å². The molecular weight excluding hydrogens is 295 g/mol. The van der Waals surface area contributed by atoms with Crippen molar-refractivity contribution in [2.75, 3.05) is 6.54 Å². The summed E-state index contributed by atoms with van der Waals surface area (Å²) in [5, 5.41) is 12.3. The second kappa shape index (κ2) is 6.96. The van der Waals surface area contributed by atoms with Crippen LogP contribution in [0.4, 0.5) is 4.39 Å². The zero-order valence-electron chi connectivity index (χ0n) is 13.7. The third-order valence-corrected chi connectivity index (χ3v) is 3.67. The monoisotopic (exact) mass is 318 g/mol. The lowest BCUT2D eigenvalue weighted by Crippen LogP contribution is -2.35. The van der Waals surface area contributed by atoms with Crippen molar-refractivity contribution >= 4 is 5.91 Å². The Hall–Kier alpha value is -2.14. The molecule has 4 nitrogen and oxygen atoms in total. The summed E-state index contributed by atoms with van der Waals surface area (Å²) in [4.78, 5) is 12.2. The zero-order valence-corrected chi connectivity index (χ0v) is 13.7. The van der Waals surface area contributed by atoms with Gasteiger partial charge in [-0.2, -0.15) is 0 Å². The van der Waals surface area contributed by atoms with Gasteiger partial charge in [0, 0.05) is 24.5 Å². The maximum absolute atomic E-state index is 14.2. The Morgan fingerprint density at radius 1 is 1.35 bits per heavy atom. The summed E-state index contributed by atoms with van der Waals surface area (Å²) in [6.07, 6.45) is 3.64. The summed E-state index contributed by atoms with van der Waals surface area (Å²) in [6.45, 7) is 6.07. The Kier molecular flexibility index (Phi) is 5.21. The van der Waals surface area contributed by atoms with Crippen molar-refractivity contribution in [3.8, 4) is 5.69 Å². The largest absolute Gasteiger partial charge is 0.393 e. The number of hydrogen-bond donors (Lipinski definition) is 2. The Morgan fingerprint density at radius 3 is 2.57 bits per heavy atom. The second-order valence-electron chi connectivity index (χ2n) is 6.66. The van der Waals surface area contributed by atoms with Crippen molar-refractivity contribution < 1.29 is 14.3 Å². The van der Waals surface area contributed by atoms with E-state index in [9.17, 15) is 14.3 Å². The van der Waals surface area contributed by atoms with E-state index < -0.39 is 11.9 Å². The molecule has 2 rings (SSSR count). The first-order valence-electron chi connectivity index (χ1n) is 7.68. The van der Waals surface area contributed by atoms with E-state index in [0.717, 1.165) is 0 Å². The summed E-state index contributed by atoms with van der Waals surface area (Å²) in [5.74, 6) is -0.765. The van der Waals surface area contributed by atoms with Crippen molar-refractivity contribution in [1.82, 2.24) is 9.88 Å². The standard InChI is InChI=1S/C18H23FN2O2/c1-13(22)11-18(2,3)12-20-17(23)14-6-7-16(15(19)10-14)21-8-4-5-9-21/h4-10,13,22H,11-12H2,1-3H3,(H,20,23). The summed E-state index contributed by atoms with van der Waals surface area (Å²) in [7, 11) is 0. The number of rotatable bonds is 6. The molecule has 0 aliphatic rings. The molecule has 0 bridgehead atoms. The third-order valence-electron chi connectivity index (χ3n) is 3.67. The number of nitrogens with zero attached hydrogens (tertiary/aromatic N) is 1. The van der Waals surface area contributed by atoms with Gasteiger partial charge in [-0.15, -0.1) is 0 Å². The molecule has 0 aliphatic heterocycles. The number of carbonyl (C=O) groups excluding carboxylic acids is 1. The van der Waals surface area contributed by atoms with Crippen molar-refractivity contribution in [3.63, 3.8) is 0 Å². The van der Waals surface area contributed by atoms with Crippen LogP contribution in [0.2, 0.25) is 0 Å². The molecule has 0 radical (unpaired) electrons. The molecular formula is C18H23FN2O2. The van der Waals surface area contributed by atoms with Gasteiger partial charge in [0.1, 0.15) is 5.82 Å². The van der Waals surface area contributed by atoms with Crippen molar-refractivity contribution in [1.29, 1.82) is 0 Å². The quantitative estimate of drug-likeness (QED) is 0.860. The zero-order chi connectivity index (χ0) is 17.0. The van der Waals surface area contributed by atoms with E-state index in [1.807, 2.05) is 26.0 Å². The van der Waals surface area contributed by atoms with Gasteiger partial charge >= 0.3 is 0 Å². The highest BCUT2D eigenvalue weighted by Gasteiger charge is 2.21. The van der Waals surface area contributed by atoms with Crippen LogP contribution in [0, 0.1) is 11.2 Å². The van der Waals surface area contributed by atoms with Gasteiger partial charge in [-0.25, -0.2) is 4.39 Å². The van der Waals surface area contributed by atoms with E-state index >= 15 is 0 Å². The predicted molar refractivity (Wildman–Crippen MR) is 88.1 cm³/mol. The van der Waals surface area contributed by atoms with E-state index in [0.29, 0.717) is 18.7 Å². The minimum Gasteiger partial charge on any atom is -0.393 e. The molecule has 1 aromatic heterocycles. The molecule has 1 aromatic carbocycles. The van der Waals surface area contributed by atoms with Crippen molar-refractivity contribution in [2.24, 2.45) is 5.41 Å². The topological polar surface area (TPSA) is 54.3 Å². The number of hydrogen-bond acceptors (Lipinski definition) is 2. The van der Waals surface area contributed by atoms with Gasteiger partial charge in [0.2, 0.25) is 0 Å². The first-order valence-corrected chi connectivity index (χ1v) is 7.68. The van der Waals surface area contributed by atoms with Gasteiger partial charge in [0.05, 0.1) is 11.8 Å². The van der Waals surface area contributed by atoms with Crippen LogP contribution in [-0.2, 0) is 0 Å². The van der Waals surface area contributed by atoms with Crippen LogP contribution in [-0.4, -0.2) is 28.2 Å². The Balaban J connectivity index is 2.05. The van der Waals surface area contributed by atoms with E-state index in [1.165, 1.54) is 6.07 Å². The molecule has 23 heavy (non-hydrogen) atoms. The summed E-state index contributed by atoms with van der Waals surface area (Å²) < 4.78 is 15.8. The molecule has 2 aromatic rings. The fourth-order valence-electron chi connectivity index (χ4n) is 2.65. The molecule has 124 valence electrons. The fourth-order valence-corrected chi connectivity index (χ4v) is 2.65. The maximum Gasteiger partial charge on any atom is 0.251 e. The molecule has 5 heteroatoms. The number of aromatic nitrogens is 1. The van der Waals surface area contributed by atoms with E-state index in [1.54, 1.807) is 36.0 Å². The lowest BCUT2D eigenvalue weighted by Gasteiger charge is -2.26. The number of aliphatic hydroxyl groups is 1. The van der Waals surface area contributed by atoms with Crippen LogP contribution >= 0.6 is 0 Å². The SMILES string of the molecule is CC(O)CC(C)(C)CNC(=O)c1ccc(-n2cccc2)c(F)c1. The van der Waals surface area contributed by atoms with E-state index in [2.05, 4.69) is 5.32 Å². The van der Waals surface area contributed by atoms with Gasteiger partial charge in [-0.1, -0.05) is 13.8 Å². The average Bonchev–Trinajstić information content (AvgIpc) is 2.97. The highest BCUT2D eigenvalue weighted by molar-refractivity contribution is 5.94. The van der Waals surface area contributed by atoms with E-state index in [-0.39, 0.29) is 16.9 Å². The van der Waals surface area contributed by atoms with Crippen LogP contribution in [0.25, 0.3) is 5.69 Å². The molecule has 0 fully saturated rings. The van der Waals surface area contributed by atoms with Crippen molar-refractivity contribution in [2.45, 2.75) is 33.3 Å². The highest BCUT2D eigenvalue weighted by Crippen LogP contribution is 2.21. The number of amides is 1. The van der Waals surface area contributed by atoms with E-state index in [4.69, 9.17) is 0 Å². The second-order valence-corrected chi connectivity index (χ2v) is 6.66. The van der Waals surface area contributed by atoms with Gasteiger partial charge in [0.25, 0.3) is 5.91 Å². The number of benzene rings is 1. The molecule has 2 N–H and O–H groups in total. The summed E-state index contributed by atoms with van der Waals surface area (Å²) >= 11 is 0. The van der Waals surface area contributed by atoms with Crippen LogP contribution in [0.1, 0.15) is 37.6 Å². The lowest BCUT2D eigenvalue weighted by atomic mass is 9.87. The normalized spacial score (nSPS) is 12.9. The Bertz CT molecular complexity index is 664. The van der Waals surface area contributed by atoms with Crippen LogP contribution in [0.5, 0.6) is 0 Å². The van der Waals surface area contributed by atoms with Crippen LogP contribution in [0.15, 0.2) is 42.7 Å². The van der Waals surface area contributed by atoms with Gasteiger partial charge in [-0.05, 0) is 49.1 Å². The molecule has 0 saturated heterocycles. The van der Waals surface area contributed by atoms with Gasteiger partial charge in [-0.3, -0.25) is 4.79 Å². The molecule has 1 amide bonds. The molecule has 0 saturated carbocycles. The number of aliphatic hydroxyl groups excluding tert-OH is 1. The summed E-state index contributed by atoms with van der Waals surface area (Å²) in [5.41, 5.74) is 0.459. The molecule has 1 unspecified atom stereocenters. The van der Waals surface area contributed by atoms with Gasteiger partial charge < -0.3 is 15.0 Å². The minimum atomic E-state index is -0.447. The van der Waals surface area contributed by atoms with Crippen molar-refractivity contribution in [3.05, 3.63) is 54.1 Å². The molecule has 0 spiro atoms. The average molecular weight is 318 g/mol. The fraction of sp³-hybridized carbons (Fsp3) is 0.389. The lowest BCUT2D eigenvalue weighted by molar-refractivity contribution is 0.0901. The first kappa shape index (κ1) is 17.2. The Labute approximate surface area is 135 Å². The smallest absolute Gasteiger partial charge is 0.251 e. The number of halogens is 1. The first-order chi connectivity index (χ1) is 10.8. The molecule has 0 aliphatic carbocycles. The minimum absolute atomic E-state index is 0.229. The molecule has 1 atom stereocenters. The molecule has 1 heterocycles. The number of carbonyl (C=O) groups is 1. The number of nitrogens with one attached hydrogen (secondary N) is 1. The summed E-state index contributed by atoms with van der Waals surface area (Å²) in [6, 6.07) is 8.06. The third kappa shape index (κ3) is 4.66. The highest BCUT2D eigenvalue weighted by atomic mass is 19.1. The van der Waals surface area contributed by atoms with Crippen LogP contribution < -0.4 is 5.32 Å². The predicted octanol–water partition coefficient (Wildman–Crippen LogP) is 3.14. The maximum atomic E-state index is 14.2. The van der Waals surface area contributed by atoms with Crippen LogP contribution in [0.3, 0.4) is 0 Å². The Morgan fingerprint density at radius 2 is 2.00 bits per heavy atom.